The van der Waals surface area contributed by atoms with E-state index in [4.69, 9.17) is 0 Å². The van der Waals surface area contributed by atoms with Crippen molar-refractivity contribution in [2.24, 2.45) is 5.10 Å². The molecule has 24 heavy (non-hydrogen) atoms. The van der Waals surface area contributed by atoms with Crippen molar-refractivity contribution in [3.63, 3.8) is 0 Å². The zero-order valence-corrected chi connectivity index (χ0v) is 13.4. The van der Waals surface area contributed by atoms with E-state index in [0.29, 0.717) is 5.69 Å². The molecule has 0 atom stereocenters. The average molecular weight is 319 g/mol. The summed E-state index contributed by atoms with van der Waals surface area (Å²) in [6.45, 7) is 3.89. The van der Waals surface area contributed by atoms with E-state index in [1.54, 1.807) is 18.5 Å². The standard InChI is InChI=1S/C18H17N5O/c1-12-5-7-15(8-6-12)16-13(2)17(22-21-16)18(24)23-20-11-14-4-3-9-19-10-14/h3-11H,1-2H3,(H,21,22)(H,23,24). The van der Waals surface area contributed by atoms with Gasteiger partial charge in [-0.15, -0.1) is 0 Å². The second-order valence-corrected chi connectivity index (χ2v) is 5.42. The second-order valence-electron chi connectivity index (χ2n) is 5.42. The number of amides is 1. The molecule has 0 aliphatic rings. The number of carbonyl (C=O) groups excluding carboxylic acids is 1. The Morgan fingerprint density at radius 1 is 1.21 bits per heavy atom. The number of pyridine rings is 1. The smallest absolute Gasteiger partial charge is 0.272 e. The maximum atomic E-state index is 12.2. The lowest BCUT2D eigenvalue weighted by Gasteiger charge is -2.01. The molecule has 3 aromatic rings. The van der Waals surface area contributed by atoms with Crippen LogP contribution in [0, 0.1) is 13.8 Å². The van der Waals surface area contributed by atoms with Crippen molar-refractivity contribution >= 4 is 12.1 Å². The number of benzene rings is 1. The number of nitrogens with one attached hydrogen (secondary N) is 2. The molecule has 0 bridgehead atoms. The predicted molar refractivity (Wildman–Crippen MR) is 92.8 cm³/mol. The normalized spacial score (nSPS) is 10.9. The van der Waals surface area contributed by atoms with Gasteiger partial charge in [0.1, 0.15) is 5.69 Å². The highest BCUT2D eigenvalue weighted by Gasteiger charge is 2.16. The van der Waals surface area contributed by atoms with Gasteiger partial charge in [0.25, 0.3) is 5.91 Å². The molecule has 0 aliphatic carbocycles. The van der Waals surface area contributed by atoms with Crippen LogP contribution in [0.1, 0.15) is 27.2 Å². The molecule has 6 heteroatoms. The molecule has 120 valence electrons. The number of hydrogen-bond acceptors (Lipinski definition) is 4. The van der Waals surface area contributed by atoms with Crippen LogP contribution in [-0.2, 0) is 0 Å². The van der Waals surface area contributed by atoms with Gasteiger partial charge < -0.3 is 0 Å². The molecule has 0 saturated heterocycles. The first-order valence-electron chi connectivity index (χ1n) is 7.50. The monoisotopic (exact) mass is 319 g/mol. The molecule has 0 unspecified atom stereocenters. The number of hydrogen-bond donors (Lipinski definition) is 2. The van der Waals surface area contributed by atoms with Crippen LogP contribution >= 0.6 is 0 Å². The topological polar surface area (TPSA) is 83.0 Å². The van der Waals surface area contributed by atoms with E-state index in [0.717, 1.165) is 22.4 Å². The lowest BCUT2D eigenvalue weighted by Crippen LogP contribution is -2.19. The quantitative estimate of drug-likeness (QED) is 0.573. The first-order valence-corrected chi connectivity index (χ1v) is 7.50. The van der Waals surface area contributed by atoms with E-state index in [1.165, 1.54) is 11.8 Å². The number of hydrazone groups is 1. The van der Waals surface area contributed by atoms with E-state index in [1.807, 2.05) is 44.2 Å². The number of aryl methyl sites for hydroxylation is 1. The molecule has 3 rings (SSSR count). The van der Waals surface area contributed by atoms with Gasteiger partial charge >= 0.3 is 0 Å². The van der Waals surface area contributed by atoms with Crippen LogP contribution in [0.2, 0.25) is 0 Å². The maximum absolute atomic E-state index is 12.2. The Kier molecular flexibility index (Phi) is 4.47. The van der Waals surface area contributed by atoms with E-state index >= 15 is 0 Å². The SMILES string of the molecule is Cc1ccc(-c2n[nH]c(C(=O)NN=Cc3cccnc3)c2C)cc1. The van der Waals surface area contributed by atoms with E-state index in [9.17, 15) is 4.79 Å². The van der Waals surface area contributed by atoms with Crippen molar-refractivity contribution < 1.29 is 4.79 Å². The Labute approximate surface area is 139 Å². The molecular formula is C18H17N5O. The Morgan fingerprint density at radius 2 is 2.00 bits per heavy atom. The van der Waals surface area contributed by atoms with E-state index < -0.39 is 0 Å². The van der Waals surface area contributed by atoms with Gasteiger partial charge in [0.2, 0.25) is 0 Å². The zero-order valence-electron chi connectivity index (χ0n) is 13.4. The lowest BCUT2D eigenvalue weighted by atomic mass is 10.1. The highest BCUT2D eigenvalue weighted by atomic mass is 16.2. The Balaban J connectivity index is 1.74. The highest BCUT2D eigenvalue weighted by Crippen LogP contribution is 2.23. The summed E-state index contributed by atoms with van der Waals surface area (Å²) in [5.74, 6) is -0.335. The van der Waals surface area contributed by atoms with Gasteiger partial charge in [-0.3, -0.25) is 14.9 Å². The van der Waals surface area contributed by atoms with E-state index in [-0.39, 0.29) is 5.91 Å². The van der Waals surface area contributed by atoms with Crippen LogP contribution in [0.4, 0.5) is 0 Å². The number of rotatable bonds is 4. The minimum atomic E-state index is -0.335. The molecular weight excluding hydrogens is 302 g/mol. The number of aromatic amines is 1. The van der Waals surface area contributed by atoms with Gasteiger partial charge in [0, 0.05) is 29.1 Å². The molecule has 0 radical (unpaired) electrons. The van der Waals surface area contributed by atoms with Crippen molar-refractivity contribution in [2.45, 2.75) is 13.8 Å². The average Bonchev–Trinajstić information content (AvgIpc) is 2.98. The molecule has 6 nitrogen and oxygen atoms in total. The molecule has 2 heterocycles. The van der Waals surface area contributed by atoms with Crippen LogP contribution in [-0.4, -0.2) is 27.3 Å². The first-order chi connectivity index (χ1) is 11.6. The third-order valence-electron chi connectivity index (χ3n) is 3.63. The Hall–Kier alpha value is -3.28. The lowest BCUT2D eigenvalue weighted by molar-refractivity contribution is 0.0949. The first kappa shape index (κ1) is 15.6. The molecule has 0 fully saturated rings. The minimum Gasteiger partial charge on any atom is -0.272 e. The molecule has 2 aromatic heterocycles. The third kappa shape index (κ3) is 3.38. The summed E-state index contributed by atoms with van der Waals surface area (Å²) in [6, 6.07) is 11.7. The third-order valence-corrected chi connectivity index (χ3v) is 3.63. The van der Waals surface area contributed by atoms with E-state index in [2.05, 4.69) is 25.7 Å². The van der Waals surface area contributed by atoms with Crippen molar-refractivity contribution in [1.82, 2.24) is 20.6 Å². The molecule has 2 N–H and O–H groups in total. The molecule has 1 amide bonds. The number of nitrogens with zero attached hydrogens (tertiary/aromatic N) is 3. The van der Waals surface area contributed by atoms with Crippen LogP contribution in [0.25, 0.3) is 11.3 Å². The van der Waals surface area contributed by atoms with Crippen LogP contribution < -0.4 is 5.43 Å². The fourth-order valence-corrected chi connectivity index (χ4v) is 2.29. The molecule has 1 aromatic carbocycles. The van der Waals surface area contributed by atoms with Crippen molar-refractivity contribution in [2.75, 3.05) is 0 Å². The predicted octanol–water partition coefficient (Wildman–Crippen LogP) is 2.85. The largest absolute Gasteiger partial charge is 0.289 e. The summed E-state index contributed by atoms with van der Waals surface area (Å²) >= 11 is 0. The molecule has 0 saturated carbocycles. The fraction of sp³-hybridized carbons (Fsp3) is 0.111. The van der Waals surface area contributed by atoms with Crippen molar-refractivity contribution in [3.05, 3.63) is 71.2 Å². The zero-order chi connectivity index (χ0) is 16.9. The number of H-pyrrole nitrogens is 1. The fourth-order valence-electron chi connectivity index (χ4n) is 2.29. The van der Waals surface area contributed by atoms with Gasteiger partial charge in [0.15, 0.2) is 0 Å². The number of aromatic nitrogens is 3. The second kappa shape index (κ2) is 6.87. The van der Waals surface area contributed by atoms with Crippen LogP contribution in [0.15, 0.2) is 53.9 Å². The van der Waals surface area contributed by atoms with Gasteiger partial charge in [-0.25, -0.2) is 5.43 Å². The summed E-state index contributed by atoms with van der Waals surface area (Å²) < 4.78 is 0. The Morgan fingerprint density at radius 3 is 2.71 bits per heavy atom. The summed E-state index contributed by atoms with van der Waals surface area (Å²) in [5.41, 5.74) is 7.38. The Bertz CT molecular complexity index is 866. The van der Waals surface area contributed by atoms with Gasteiger partial charge in [-0.2, -0.15) is 10.2 Å². The number of carbonyl (C=O) groups is 1. The summed E-state index contributed by atoms with van der Waals surface area (Å²) in [4.78, 5) is 16.2. The maximum Gasteiger partial charge on any atom is 0.289 e. The minimum absolute atomic E-state index is 0.335. The molecule has 0 spiro atoms. The van der Waals surface area contributed by atoms with Gasteiger partial charge in [-0.05, 0) is 19.9 Å². The molecule has 0 aliphatic heterocycles. The van der Waals surface area contributed by atoms with Crippen LogP contribution in [0.5, 0.6) is 0 Å². The summed E-state index contributed by atoms with van der Waals surface area (Å²) in [5, 5.41) is 11.0. The summed E-state index contributed by atoms with van der Waals surface area (Å²) in [7, 11) is 0. The van der Waals surface area contributed by atoms with Crippen molar-refractivity contribution in [1.29, 1.82) is 0 Å². The van der Waals surface area contributed by atoms with Crippen LogP contribution in [0.3, 0.4) is 0 Å². The summed E-state index contributed by atoms with van der Waals surface area (Å²) in [6.07, 6.45) is 4.88. The highest BCUT2D eigenvalue weighted by molar-refractivity contribution is 5.95. The van der Waals surface area contributed by atoms with Crippen molar-refractivity contribution in [3.8, 4) is 11.3 Å². The van der Waals surface area contributed by atoms with Gasteiger partial charge in [0.05, 0.1) is 11.9 Å². The van der Waals surface area contributed by atoms with Gasteiger partial charge in [-0.1, -0.05) is 35.9 Å².